The van der Waals surface area contributed by atoms with Crippen LogP contribution < -0.4 is 16.2 Å². The van der Waals surface area contributed by atoms with Gasteiger partial charge in [0.15, 0.2) is 5.82 Å². The van der Waals surface area contributed by atoms with Crippen molar-refractivity contribution < 1.29 is 5.11 Å². The van der Waals surface area contributed by atoms with Crippen LogP contribution in [0.2, 0.25) is 0 Å². The fourth-order valence-electron chi connectivity index (χ4n) is 1.13. The van der Waals surface area contributed by atoms with Crippen molar-refractivity contribution in [1.29, 1.82) is 0 Å². The maximum atomic E-state index is 11.2. The number of aromatic nitrogens is 2. The molecular weight excluding hydrogens is 160 g/mol. The molecule has 0 radical (unpaired) electrons. The summed E-state index contributed by atoms with van der Waals surface area (Å²) in [5.74, 6) is 0.908. The highest BCUT2D eigenvalue weighted by atomic mass is 16.3. The molecular formula is C6H8N4O2. The first-order chi connectivity index (χ1) is 5.66. The van der Waals surface area contributed by atoms with Crippen molar-refractivity contribution in [3.8, 4) is 0 Å². The smallest absolute Gasteiger partial charge is 0.276 e. The summed E-state index contributed by atoms with van der Waals surface area (Å²) in [6, 6.07) is 0. The average Bonchev–Trinajstić information content (AvgIpc) is 2.29. The first-order valence-electron chi connectivity index (χ1n) is 3.49. The minimum absolute atomic E-state index is 0.276. The fourth-order valence-corrected chi connectivity index (χ4v) is 1.13. The van der Waals surface area contributed by atoms with Gasteiger partial charge in [-0.3, -0.25) is 4.79 Å². The number of fused-ring (bicyclic) bond motifs is 1. The molecule has 6 heteroatoms. The number of nitrogens with zero attached hydrogens (tertiary/aromatic N) is 1. The van der Waals surface area contributed by atoms with E-state index in [2.05, 4.69) is 20.6 Å². The Bertz CT molecular complexity index is 372. The molecule has 0 saturated carbocycles. The van der Waals surface area contributed by atoms with Crippen molar-refractivity contribution in [1.82, 2.24) is 9.97 Å². The van der Waals surface area contributed by atoms with Gasteiger partial charge in [0.25, 0.3) is 5.56 Å². The molecule has 1 aliphatic rings. The number of aliphatic hydroxyl groups is 1. The summed E-state index contributed by atoms with van der Waals surface area (Å²) >= 11 is 0. The van der Waals surface area contributed by atoms with Crippen molar-refractivity contribution in [3.63, 3.8) is 0 Å². The Kier molecular flexibility index (Phi) is 1.31. The van der Waals surface area contributed by atoms with E-state index in [1.54, 1.807) is 6.92 Å². The lowest BCUT2D eigenvalue weighted by molar-refractivity contribution is 0.238. The number of hydrogen-bond acceptors (Lipinski definition) is 5. The molecule has 0 amide bonds. The van der Waals surface area contributed by atoms with E-state index in [0.29, 0.717) is 11.6 Å². The summed E-state index contributed by atoms with van der Waals surface area (Å²) in [4.78, 5) is 17.7. The molecule has 2 rings (SSSR count). The van der Waals surface area contributed by atoms with Gasteiger partial charge in [-0.15, -0.1) is 0 Å². The Hall–Kier alpha value is -1.56. The Morgan fingerprint density at radius 1 is 1.50 bits per heavy atom. The SMILES string of the molecule is Cc1nc2c(c(=O)[nH]1)NC(O)N2. The zero-order valence-electron chi connectivity index (χ0n) is 6.38. The van der Waals surface area contributed by atoms with Crippen LogP contribution in [0, 0.1) is 6.92 Å². The third-order valence-corrected chi connectivity index (χ3v) is 1.59. The van der Waals surface area contributed by atoms with Gasteiger partial charge >= 0.3 is 0 Å². The first kappa shape index (κ1) is 7.11. The number of H-pyrrole nitrogens is 1. The van der Waals surface area contributed by atoms with Crippen LogP contribution in [0.4, 0.5) is 11.5 Å². The topological polar surface area (TPSA) is 90.0 Å². The van der Waals surface area contributed by atoms with E-state index in [0.717, 1.165) is 0 Å². The van der Waals surface area contributed by atoms with Gasteiger partial charge in [0.05, 0.1) is 0 Å². The van der Waals surface area contributed by atoms with E-state index in [9.17, 15) is 4.79 Å². The number of aliphatic hydroxyl groups excluding tert-OH is 1. The number of anilines is 2. The molecule has 1 atom stereocenters. The largest absolute Gasteiger partial charge is 0.357 e. The summed E-state index contributed by atoms with van der Waals surface area (Å²) < 4.78 is 0. The highest BCUT2D eigenvalue weighted by Crippen LogP contribution is 2.20. The third-order valence-electron chi connectivity index (χ3n) is 1.59. The van der Waals surface area contributed by atoms with Gasteiger partial charge in [0.1, 0.15) is 11.5 Å². The van der Waals surface area contributed by atoms with Crippen LogP contribution in [0.5, 0.6) is 0 Å². The van der Waals surface area contributed by atoms with E-state index in [1.807, 2.05) is 0 Å². The lowest BCUT2D eigenvalue weighted by Gasteiger charge is -1.99. The molecule has 6 nitrogen and oxygen atoms in total. The van der Waals surface area contributed by atoms with Crippen LogP contribution in [0.15, 0.2) is 4.79 Å². The average molecular weight is 168 g/mol. The molecule has 0 saturated heterocycles. The van der Waals surface area contributed by atoms with E-state index in [4.69, 9.17) is 5.11 Å². The van der Waals surface area contributed by atoms with Crippen LogP contribution in [0.3, 0.4) is 0 Å². The van der Waals surface area contributed by atoms with Crippen molar-refractivity contribution >= 4 is 11.5 Å². The lowest BCUT2D eigenvalue weighted by Crippen LogP contribution is -2.21. The first-order valence-corrected chi connectivity index (χ1v) is 3.49. The number of nitrogens with one attached hydrogen (secondary N) is 3. The highest BCUT2D eigenvalue weighted by Gasteiger charge is 2.21. The quantitative estimate of drug-likeness (QED) is 0.407. The summed E-state index contributed by atoms with van der Waals surface area (Å²) in [7, 11) is 0. The normalized spacial score (nSPS) is 19.7. The molecule has 0 spiro atoms. The van der Waals surface area contributed by atoms with E-state index >= 15 is 0 Å². The van der Waals surface area contributed by atoms with Gasteiger partial charge in [-0.25, -0.2) is 4.98 Å². The van der Waals surface area contributed by atoms with Crippen LogP contribution in [0.1, 0.15) is 5.82 Å². The van der Waals surface area contributed by atoms with E-state index in [1.165, 1.54) is 0 Å². The Labute approximate surface area is 67.7 Å². The molecule has 12 heavy (non-hydrogen) atoms. The number of rotatable bonds is 0. The molecule has 1 unspecified atom stereocenters. The Morgan fingerprint density at radius 2 is 2.25 bits per heavy atom. The van der Waals surface area contributed by atoms with Crippen LogP contribution in [-0.2, 0) is 0 Å². The zero-order valence-corrected chi connectivity index (χ0v) is 6.38. The summed E-state index contributed by atoms with van der Waals surface area (Å²) in [5, 5.41) is 14.2. The zero-order chi connectivity index (χ0) is 8.72. The van der Waals surface area contributed by atoms with Gasteiger partial charge in [0, 0.05) is 0 Å². The number of hydrogen-bond donors (Lipinski definition) is 4. The minimum Gasteiger partial charge on any atom is -0.357 e. The number of aromatic amines is 1. The molecule has 0 aromatic carbocycles. The molecule has 4 N–H and O–H groups in total. The molecule has 1 aromatic heterocycles. The second kappa shape index (κ2) is 2.21. The van der Waals surface area contributed by atoms with Gasteiger partial charge in [0.2, 0.25) is 6.35 Å². The van der Waals surface area contributed by atoms with Crippen LogP contribution in [-0.4, -0.2) is 21.4 Å². The predicted molar refractivity (Wildman–Crippen MR) is 42.8 cm³/mol. The van der Waals surface area contributed by atoms with Crippen molar-refractivity contribution in [2.24, 2.45) is 0 Å². The predicted octanol–water partition coefficient (Wildman–Crippen LogP) is -0.808. The second-order valence-electron chi connectivity index (χ2n) is 2.57. The van der Waals surface area contributed by atoms with Crippen molar-refractivity contribution in [3.05, 3.63) is 16.2 Å². The van der Waals surface area contributed by atoms with E-state index in [-0.39, 0.29) is 11.2 Å². The maximum Gasteiger partial charge on any atom is 0.276 e. The summed E-state index contributed by atoms with van der Waals surface area (Å²) in [5.41, 5.74) is 0.00894. The standard InChI is InChI=1S/C6H8N4O2/c1-2-7-4-3(5(11)8-2)9-6(12)10-4/h6,9,12H,1H3,(H2,7,8,10,11). The van der Waals surface area contributed by atoms with Gasteiger partial charge in [-0.05, 0) is 6.92 Å². The Morgan fingerprint density at radius 3 is 3.00 bits per heavy atom. The van der Waals surface area contributed by atoms with Crippen molar-refractivity contribution in [2.45, 2.75) is 13.3 Å². The summed E-state index contributed by atoms with van der Waals surface area (Å²) in [6.45, 7) is 1.67. The summed E-state index contributed by atoms with van der Waals surface area (Å²) in [6.07, 6.45) is -0.921. The van der Waals surface area contributed by atoms with Gasteiger partial charge in [-0.2, -0.15) is 0 Å². The highest BCUT2D eigenvalue weighted by molar-refractivity contribution is 5.68. The van der Waals surface area contributed by atoms with Crippen molar-refractivity contribution in [2.75, 3.05) is 10.6 Å². The molecule has 1 aromatic rings. The maximum absolute atomic E-state index is 11.2. The van der Waals surface area contributed by atoms with Crippen LogP contribution in [0.25, 0.3) is 0 Å². The van der Waals surface area contributed by atoms with Crippen LogP contribution >= 0.6 is 0 Å². The molecule has 0 aliphatic carbocycles. The van der Waals surface area contributed by atoms with Gasteiger partial charge < -0.3 is 20.7 Å². The number of aryl methyl sites for hydroxylation is 1. The third kappa shape index (κ3) is 0.928. The second-order valence-corrected chi connectivity index (χ2v) is 2.57. The minimum atomic E-state index is -0.921. The van der Waals surface area contributed by atoms with E-state index < -0.39 is 6.35 Å². The molecule has 0 bridgehead atoms. The van der Waals surface area contributed by atoms with Gasteiger partial charge in [-0.1, -0.05) is 0 Å². The molecule has 64 valence electrons. The molecule has 1 aliphatic heterocycles. The molecule has 2 heterocycles. The lowest BCUT2D eigenvalue weighted by atomic mass is 10.5. The fraction of sp³-hybridized carbons (Fsp3) is 0.333. The Balaban J connectivity index is 2.60. The monoisotopic (exact) mass is 168 g/mol. The molecule has 0 fully saturated rings.